The zero-order chi connectivity index (χ0) is 24.6. The van der Waals surface area contributed by atoms with Crippen LogP contribution in [0.1, 0.15) is 34.2 Å². The Kier molecular flexibility index (Phi) is 6.02. The Morgan fingerprint density at radius 3 is 2.71 bits per heavy atom. The first kappa shape index (κ1) is 23.3. The van der Waals surface area contributed by atoms with E-state index in [1.807, 2.05) is 10.2 Å². The molecule has 1 fully saturated rings. The van der Waals surface area contributed by atoms with Crippen molar-refractivity contribution in [2.75, 3.05) is 35.3 Å². The Labute approximate surface area is 192 Å². The SMILES string of the molecule is COC(=O)c1ccnc(NC(=O)N2c3nc(C(=O)N[C@H](C)C(F)(F)F)ccc3N3CC[C@H]2C3)c1. The summed E-state index contributed by atoms with van der Waals surface area (Å²) >= 11 is 0. The second-order valence-corrected chi connectivity index (χ2v) is 7.89. The molecule has 0 aliphatic carbocycles. The lowest BCUT2D eigenvalue weighted by Crippen LogP contribution is -2.49. The molecule has 2 aliphatic heterocycles. The normalized spacial score (nSPS) is 17.6. The Bertz CT molecular complexity index is 1140. The Morgan fingerprint density at radius 2 is 2.00 bits per heavy atom. The van der Waals surface area contributed by atoms with Crippen LogP contribution in [0.15, 0.2) is 30.5 Å². The summed E-state index contributed by atoms with van der Waals surface area (Å²) in [5.41, 5.74) is 0.524. The number of anilines is 3. The van der Waals surface area contributed by atoms with Crippen LogP contribution in [0, 0.1) is 0 Å². The minimum absolute atomic E-state index is 0.0998. The van der Waals surface area contributed by atoms with Crippen molar-refractivity contribution in [3.63, 3.8) is 0 Å². The molecular formula is C21H21F3N6O4. The van der Waals surface area contributed by atoms with E-state index < -0.39 is 30.1 Å². The Morgan fingerprint density at radius 1 is 1.24 bits per heavy atom. The molecule has 34 heavy (non-hydrogen) atoms. The fourth-order valence-electron chi connectivity index (χ4n) is 3.86. The second kappa shape index (κ2) is 8.80. The number of nitrogens with one attached hydrogen (secondary N) is 2. The zero-order valence-corrected chi connectivity index (χ0v) is 18.2. The zero-order valence-electron chi connectivity index (χ0n) is 18.2. The number of ether oxygens (including phenoxy) is 1. The lowest BCUT2D eigenvalue weighted by atomic mass is 10.1. The lowest BCUT2D eigenvalue weighted by molar-refractivity contribution is -0.149. The molecule has 2 bridgehead atoms. The van der Waals surface area contributed by atoms with Crippen molar-refractivity contribution in [2.24, 2.45) is 0 Å². The van der Waals surface area contributed by atoms with Gasteiger partial charge in [-0.2, -0.15) is 13.2 Å². The van der Waals surface area contributed by atoms with Crippen LogP contribution >= 0.6 is 0 Å². The van der Waals surface area contributed by atoms with E-state index in [0.29, 0.717) is 25.2 Å². The summed E-state index contributed by atoms with van der Waals surface area (Å²) in [6.45, 7) is 2.02. The van der Waals surface area contributed by atoms with Gasteiger partial charge in [-0.25, -0.2) is 19.6 Å². The maximum absolute atomic E-state index is 13.2. The smallest absolute Gasteiger partial charge is 0.408 e. The summed E-state index contributed by atoms with van der Waals surface area (Å²) < 4.78 is 43.2. The summed E-state index contributed by atoms with van der Waals surface area (Å²) in [4.78, 5) is 49.0. The number of pyridine rings is 2. The van der Waals surface area contributed by atoms with E-state index in [4.69, 9.17) is 0 Å². The van der Waals surface area contributed by atoms with Crippen LogP contribution in [0.4, 0.5) is 35.3 Å². The summed E-state index contributed by atoms with van der Waals surface area (Å²) in [7, 11) is 1.23. The molecule has 13 heteroatoms. The summed E-state index contributed by atoms with van der Waals surface area (Å²) in [6.07, 6.45) is -2.63. The van der Waals surface area contributed by atoms with Crippen molar-refractivity contribution in [2.45, 2.75) is 31.6 Å². The molecule has 0 unspecified atom stereocenters. The molecule has 3 amide bonds. The van der Waals surface area contributed by atoms with Crippen molar-refractivity contribution in [1.82, 2.24) is 15.3 Å². The predicted octanol–water partition coefficient (Wildman–Crippen LogP) is 2.57. The number of nitrogens with zero attached hydrogens (tertiary/aromatic N) is 4. The van der Waals surface area contributed by atoms with Crippen LogP contribution in [0.5, 0.6) is 0 Å². The minimum Gasteiger partial charge on any atom is -0.465 e. The summed E-state index contributed by atoms with van der Waals surface area (Å²) in [6, 6.07) is 2.74. The third kappa shape index (κ3) is 4.45. The van der Waals surface area contributed by atoms with Crippen LogP contribution in [0.2, 0.25) is 0 Å². The number of fused-ring (bicyclic) bond motifs is 4. The second-order valence-electron chi connectivity index (χ2n) is 7.89. The van der Waals surface area contributed by atoms with Gasteiger partial charge in [-0.15, -0.1) is 0 Å². The third-order valence-electron chi connectivity index (χ3n) is 5.66. The van der Waals surface area contributed by atoms with E-state index >= 15 is 0 Å². The monoisotopic (exact) mass is 478 g/mol. The van der Waals surface area contributed by atoms with Crippen LogP contribution in [0.3, 0.4) is 0 Å². The number of alkyl halides is 3. The molecule has 2 aliphatic rings. The number of hydrogen-bond donors (Lipinski definition) is 2. The van der Waals surface area contributed by atoms with Gasteiger partial charge in [0.05, 0.1) is 24.4 Å². The Hall–Kier alpha value is -3.90. The van der Waals surface area contributed by atoms with Gasteiger partial charge in [0.2, 0.25) is 0 Å². The molecular weight excluding hydrogens is 457 g/mol. The van der Waals surface area contributed by atoms with E-state index in [9.17, 15) is 27.6 Å². The van der Waals surface area contributed by atoms with E-state index in [0.717, 1.165) is 6.92 Å². The number of methoxy groups -OCH3 is 1. The highest BCUT2D eigenvalue weighted by molar-refractivity contribution is 6.05. The predicted molar refractivity (Wildman–Crippen MR) is 115 cm³/mol. The van der Waals surface area contributed by atoms with Crippen LogP contribution < -0.4 is 20.4 Å². The molecule has 0 saturated carbocycles. The van der Waals surface area contributed by atoms with Crippen molar-refractivity contribution in [3.05, 3.63) is 41.7 Å². The molecule has 4 rings (SSSR count). The van der Waals surface area contributed by atoms with Crippen LogP contribution in [0.25, 0.3) is 0 Å². The number of carbonyl (C=O) groups excluding carboxylic acids is 3. The van der Waals surface area contributed by atoms with Gasteiger partial charge in [0, 0.05) is 19.3 Å². The third-order valence-corrected chi connectivity index (χ3v) is 5.66. The number of urea groups is 1. The molecule has 2 aromatic heterocycles. The van der Waals surface area contributed by atoms with Gasteiger partial charge < -0.3 is 15.0 Å². The quantitative estimate of drug-likeness (QED) is 0.649. The standard InChI is InChI=1S/C21H21F3N6O4/c1-11(21(22,23)24)26-18(31)14-3-4-15-17(27-14)30(13-6-8-29(15)10-13)20(33)28-16-9-12(5-7-25-16)19(32)34-2/h3-5,7,9,11,13H,6,8,10H2,1-2H3,(H,26,31)(H,25,28,33)/t11-,13+/m1/s1. The largest absolute Gasteiger partial charge is 0.465 e. The molecule has 2 atom stereocenters. The summed E-state index contributed by atoms with van der Waals surface area (Å²) in [5, 5.41) is 4.49. The molecule has 0 spiro atoms. The van der Waals surface area contributed by atoms with E-state index in [1.54, 1.807) is 6.07 Å². The van der Waals surface area contributed by atoms with Crippen molar-refractivity contribution in [1.29, 1.82) is 0 Å². The Balaban J connectivity index is 1.61. The molecule has 2 N–H and O–H groups in total. The average Bonchev–Trinajstić information content (AvgIpc) is 3.21. The molecule has 1 saturated heterocycles. The summed E-state index contributed by atoms with van der Waals surface area (Å²) in [5.74, 6) is -1.35. The number of halogens is 3. The van der Waals surface area contributed by atoms with Gasteiger partial charge in [0.25, 0.3) is 5.91 Å². The van der Waals surface area contributed by atoms with Crippen molar-refractivity contribution in [3.8, 4) is 0 Å². The minimum atomic E-state index is -4.60. The number of carbonyl (C=O) groups is 3. The first-order valence-corrected chi connectivity index (χ1v) is 10.4. The fourth-order valence-corrected chi connectivity index (χ4v) is 3.86. The number of esters is 1. The van der Waals surface area contributed by atoms with Gasteiger partial charge >= 0.3 is 18.2 Å². The van der Waals surface area contributed by atoms with E-state index in [-0.39, 0.29) is 28.9 Å². The maximum Gasteiger partial charge on any atom is 0.408 e. The molecule has 10 nitrogen and oxygen atoms in total. The molecule has 4 heterocycles. The molecule has 2 aromatic rings. The first-order chi connectivity index (χ1) is 16.1. The van der Waals surface area contributed by atoms with E-state index in [2.05, 4.69) is 20.0 Å². The van der Waals surface area contributed by atoms with Gasteiger partial charge in [0.15, 0.2) is 5.82 Å². The van der Waals surface area contributed by atoms with Crippen molar-refractivity contribution >= 4 is 35.2 Å². The highest BCUT2D eigenvalue weighted by Crippen LogP contribution is 2.39. The van der Waals surface area contributed by atoms with Gasteiger partial charge in [-0.1, -0.05) is 0 Å². The van der Waals surface area contributed by atoms with E-state index in [1.165, 1.54) is 36.4 Å². The van der Waals surface area contributed by atoms with Gasteiger partial charge in [0.1, 0.15) is 17.6 Å². The first-order valence-electron chi connectivity index (χ1n) is 10.4. The topological polar surface area (TPSA) is 117 Å². The highest BCUT2D eigenvalue weighted by Gasteiger charge is 2.41. The number of hydrogen-bond acceptors (Lipinski definition) is 7. The fraction of sp³-hybridized carbons (Fsp3) is 0.381. The van der Waals surface area contributed by atoms with Crippen LogP contribution in [-0.4, -0.2) is 66.3 Å². The number of aromatic nitrogens is 2. The highest BCUT2D eigenvalue weighted by atomic mass is 19.4. The number of amides is 3. The van der Waals surface area contributed by atoms with Gasteiger partial charge in [-0.3, -0.25) is 15.0 Å². The lowest BCUT2D eigenvalue weighted by Gasteiger charge is -2.35. The average molecular weight is 478 g/mol. The molecule has 0 radical (unpaired) electrons. The maximum atomic E-state index is 13.2. The molecule has 0 aromatic carbocycles. The molecule has 180 valence electrons. The van der Waals surface area contributed by atoms with Gasteiger partial charge in [-0.05, 0) is 37.6 Å². The number of rotatable bonds is 4. The van der Waals surface area contributed by atoms with Crippen molar-refractivity contribution < 1.29 is 32.3 Å². The van der Waals surface area contributed by atoms with Crippen LogP contribution in [-0.2, 0) is 4.74 Å².